The lowest BCUT2D eigenvalue weighted by atomic mass is 9.98. The van der Waals surface area contributed by atoms with E-state index in [0.717, 1.165) is 11.0 Å². The van der Waals surface area contributed by atoms with E-state index in [2.05, 4.69) is 4.98 Å². The van der Waals surface area contributed by atoms with Crippen molar-refractivity contribution in [2.24, 2.45) is 0 Å². The summed E-state index contributed by atoms with van der Waals surface area (Å²) in [6.07, 6.45) is 6.64. The van der Waals surface area contributed by atoms with Crippen LogP contribution in [0.5, 0.6) is 0 Å². The Balaban J connectivity index is 1.70. The van der Waals surface area contributed by atoms with Gasteiger partial charge in [0.1, 0.15) is 12.4 Å². The SMILES string of the molecule is Nc1ccc2c(c1)nc(CO)n2CCOC1CCCCC1. The standard InChI is InChI=1S/C16H23N3O2/c17-12-6-7-15-14(10-12)18-16(11-20)19(15)8-9-21-13-4-2-1-3-5-13/h6-7,10,13,20H,1-5,8-9,11,17H2. The van der Waals surface area contributed by atoms with Gasteiger partial charge in [0.2, 0.25) is 0 Å². The molecule has 0 aliphatic heterocycles. The molecule has 1 heterocycles. The van der Waals surface area contributed by atoms with Gasteiger partial charge in [0.15, 0.2) is 0 Å². The van der Waals surface area contributed by atoms with Crippen molar-refractivity contribution in [1.82, 2.24) is 9.55 Å². The van der Waals surface area contributed by atoms with Crippen molar-refractivity contribution in [2.75, 3.05) is 12.3 Å². The number of nitrogens with two attached hydrogens (primary N) is 1. The molecular formula is C16H23N3O2. The Bertz CT molecular complexity index is 603. The largest absolute Gasteiger partial charge is 0.399 e. The minimum Gasteiger partial charge on any atom is -0.399 e. The lowest BCUT2D eigenvalue weighted by Gasteiger charge is -2.22. The number of ether oxygens (including phenoxy) is 1. The summed E-state index contributed by atoms with van der Waals surface area (Å²) >= 11 is 0. The molecule has 0 radical (unpaired) electrons. The molecule has 0 spiro atoms. The third-order valence-electron chi connectivity index (χ3n) is 4.21. The van der Waals surface area contributed by atoms with Gasteiger partial charge in [-0.25, -0.2) is 4.98 Å². The maximum absolute atomic E-state index is 9.48. The van der Waals surface area contributed by atoms with E-state index in [1.165, 1.54) is 32.1 Å². The number of benzene rings is 1. The van der Waals surface area contributed by atoms with Gasteiger partial charge in [0.05, 0.1) is 23.7 Å². The van der Waals surface area contributed by atoms with Gasteiger partial charge >= 0.3 is 0 Å². The lowest BCUT2D eigenvalue weighted by Crippen LogP contribution is -2.19. The molecule has 1 fully saturated rings. The summed E-state index contributed by atoms with van der Waals surface area (Å²) in [7, 11) is 0. The van der Waals surface area contributed by atoms with Crippen LogP contribution in [0.15, 0.2) is 18.2 Å². The number of aromatic nitrogens is 2. The predicted molar refractivity (Wildman–Crippen MR) is 82.9 cm³/mol. The molecule has 1 saturated carbocycles. The molecule has 0 unspecified atom stereocenters. The first-order valence-electron chi connectivity index (χ1n) is 7.75. The van der Waals surface area contributed by atoms with Crippen LogP contribution in [0.1, 0.15) is 37.9 Å². The summed E-state index contributed by atoms with van der Waals surface area (Å²) in [5.41, 5.74) is 8.31. The van der Waals surface area contributed by atoms with Crippen LogP contribution in [-0.2, 0) is 17.9 Å². The van der Waals surface area contributed by atoms with Crippen LogP contribution in [0, 0.1) is 0 Å². The molecule has 0 saturated heterocycles. The third kappa shape index (κ3) is 3.19. The van der Waals surface area contributed by atoms with Crippen LogP contribution < -0.4 is 5.73 Å². The van der Waals surface area contributed by atoms with Crippen molar-refractivity contribution < 1.29 is 9.84 Å². The fourth-order valence-electron chi connectivity index (χ4n) is 3.11. The predicted octanol–water partition coefficient (Wildman–Crippen LogP) is 2.46. The van der Waals surface area contributed by atoms with Gasteiger partial charge < -0.3 is 20.1 Å². The number of hydrogen-bond donors (Lipinski definition) is 2. The van der Waals surface area contributed by atoms with E-state index >= 15 is 0 Å². The number of anilines is 1. The fourth-order valence-corrected chi connectivity index (χ4v) is 3.11. The van der Waals surface area contributed by atoms with E-state index in [1.807, 2.05) is 22.8 Å². The molecular weight excluding hydrogens is 266 g/mol. The van der Waals surface area contributed by atoms with Gasteiger partial charge in [-0.1, -0.05) is 19.3 Å². The summed E-state index contributed by atoms with van der Waals surface area (Å²) < 4.78 is 8.00. The van der Waals surface area contributed by atoms with Crippen molar-refractivity contribution in [3.63, 3.8) is 0 Å². The minimum atomic E-state index is -0.0714. The Labute approximate surface area is 124 Å². The van der Waals surface area contributed by atoms with Crippen molar-refractivity contribution in [3.05, 3.63) is 24.0 Å². The number of hydrogen-bond acceptors (Lipinski definition) is 4. The molecule has 1 aromatic carbocycles. The Morgan fingerprint density at radius 1 is 1.29 bits per heavy atom. The van der Waals surface area contributed by atoms with E-state index in [-0.39, 0.29) is 6.61 Å². The smallest absolute Gasteiger partial charge is 0.135 e. The minimum absolute atomic E-state index is 0.0714. The molecule has 1 aromatic heterocycles. The monoisotopic (exact) mass is 289 g/mol. The number of aliphatic hydroxyl groups is 1. The maximum Gasteiger partial charge on any atom is 0.135 e. The molecule has 3 N–H and O–H groups in total. The van der Waals surface area contributed by atoms with Gasteiger partial charge in [-0.3, -0.25) is 0 Å². The van der Waals surface area contributed by atoms with Crippen LogP contribution in [-0.4, -0.2) is 27.4 Å². The molecule has 1 aliphatic carbocycles. The van der Waals surface area contributed by atoms with Crippen molar-refractivity contribution >= 4 is 16.7 Å². The molecule has 0 atom stereocenters. The van der Waals surface area contributed by atoms with Gasteiger partial charge in [0.25, 0.3) is 0 Å². The number of imidazole rings is 1. The van der Waals surface area contributed by atoms with E-state index in [4.69, 9.17) is 10.5 Å². The summed E-state index contributed by atoms with van der Waals surface area (Å²) in [6, 6.07) is 5.66. The number of rotatable bonds is 5. The Hall–Kier alpha value is -1.59. The fraction of sp³-hybridized carbons (Fsp3) is 0.562. The first kappa shape index (κ1) is 14.4. The first-order valence-corrected chi connectivity index (χ1v) is 7.75. The van der Waals surface area contributed by atoms with E-state index in [9.17, 15) is 5.11 Å². The number of nitrogen functional groups attached to an aromatic ring is 1. The molecule has 1 aliphatic rings. The number of nitrogens with zero attached hydrogens (tertiary/aromatic N) is 2. The first-order chi connectivity index (χ1) is 10.3. The second-order valence-electron chi connectivity index (χ2n) is 5.72. The normalized spacial score (nSPS) is 16.6. The average molecular weight is 289 g/mol. The van der Waals surface area contributed by atoms with Crippen molar-refractivity contribution in [2.45, 2.75) is 51.4 Å². The van der Waals surface area contributed by atoms with Crippen LogP contribution >= 0.6 is 0 Å². The van der Waals surface area contributed by atoms with E-state index in [1.54, 1.807) is 0 Å². The second-order valence-corrected chi connectivity index (χ2v) is 5.72. The highest BCUT2D eigenvalue weighted by Gasteiger charge is 2.15. The van der Waals surface area contributed by atoms with E-state index < -0.39 is 0 Å². The zero-order chi connectivity index (χ0) is 14.7. The number of aliphatic hydroxyl groups excluding tert-OH is 1. The highest BCUT2D eigenvalue weighted by molar-refractivity contribution is 5.79. The summed E-state index contributed by atoms with van der Waals surface area (Å²) in [5.74, 6) is 0.669. The Morgan fingerprint density at radius 3 is 2.86 bits per heavy atom. The molecule has 5 nitrogen and oxygen atoms in total. The summed E-state index contributed by atoms with van der Waals surface area (Å²) in [5, 5.41) is 9.48. The number of fused-ring (bicyclic) bond motifs is 1. The zero-order valence-electron chi connectivity index (χ0n) is 12.3. The van der Waals surface area contributed by atoms with Gasteiger partial charge in [-0.15, -0.1) is 0 Å². The molecule has 0 amide bonds. The average Bonchev–Trinajstić information content (AvgIpc) is 2.85. The van der Waals surface area contributed by atoms with Crippen molar-refractivity contribution in [3.8, 4) is 0 Å². The van der Waals surface area contributed by atoms with Crippen LogP contribution in [0.25, 0.3) is 11.0 Å². The Kier molecular flexibility index (Phi) is 4.41. The lowest BCUT2D eigenvalue weighted by molar-refractivity contribution is 0.0239. The summed E-state index contributed by atoms with van der Waals surface area (Å²) in [4.78, 5) is 4.43. The highest BCUT2D eigenvalue weighted by Crippen LogP contribution is 2.22. The topological polar surface area (TPSA) is 73.3 Å². The molecule has 3 rings (SSSR count). The highest BCUT2D eigenvalue weighted by atomic mass is 16.5. The maximum atomic E-state index is 9.48. The van der Waals surface area contributed by atoms with Gasteiger partial charge in [-0.05, 0) is 31.0 Å². The summed E-state index contributed by atoms with van der Waals surface area (Å²) in [6.45, 7) is 1.30. The Morgan fingerprint density at radius 2 is 2.10 bits per heavy atom. The molecule has 0 bridgehead atoms. The van der Waals surface area contributed by atoms with Crippen molar-refractivity contribution in [1.29, 1.82) is 0 Å². The van der Waals surface area contributed by atoms with Crippen LogP contribution in [0.2, 0.25) is 0 Å². The van der Waals surface area contributed by atoms with Gasteiger partial charge in [0, 0.05) is 12.2 Å². The van der Waals surface area contributed by atoms with Crippen LogP contribution in [0.4, 0.5) is 5.69 Å². The van der Waals surface area contributed by atoms with Crippen LogP contribution in [0.3, 0.4) is 0 Å². The molecule has 21 heavy (non-hydrogen) atoms. The zero-order valence-corrected chi connectivity index (χ0v) is 12.3. The molecule has 5 heteroatoms. The quantitative estimate of drug-likeness (QED) is 0.829. The van der Waals surface area contributed by atoms with Gasteiger partial charge in [-0.2, -0.15) is 0 Å². The molecule has 2 aromatic rings. The second kappa shape index (κ2) is 6.45. The third-order valence-corrected chi connectivity index (χ3v) is 4.21. The van der Waals surface area contributed by atoms with E-state index in [0.29, 0.717) is 30.8 Å². The molecule has 114 valence electrons.